The molecular weight excluding hydrogens is 306 g/mol. The van der Waals surface area contributed by atoms with Gasteiger partial charge in [-0.2, -0.15) is 5.26 Å². The molecule has 0 aromatic heterocycles. The summed E-state index contributed by atoms with van der Waals surface area (Å²) in [4.78, 5) is 11.8. The molecule has 4 nitrogen and oxygen atoms in total. The standard InChI is InChI=1S/C14H18BrN3O/c1-10(2)17-7-3-4-14(19)18-13-8-12(15)6-5-11(13)9-16/h5-6,8,10,17H,3-4,7H2,1-2H3,(H,18,19). The van der Waals surface area contributed by atoms with Gasteiger partial charge in [-0.1, -0.05) is 29.8 Å². The summed E-state index contributed by atoms with van der Waals surface area (Å²) in [6, 6.07) is 7.69. The van der Waals surface area contributed by atoms with Crippen LogP contribution in [0.15, 0.2) is 22.7 Å². The second kappa shape index (κ2) is 7.93. The number of halogens is 1. The van der Waals surface area contributed by atoms with Gasteiger partial charge in [-0.3, -0.25) is 4.79 Å². The van der Waals surface area contributed by atoms with Crippen LogP contribution in [-0.2, 0) is 4.79 Å². The molecule has 0 unspecified atom stereocenters. The molecule has 2 N–H and O–H groups in total. The van der Waals surface area contributed by atoms with Crippen molar-refractivity contribution in [3.63, 3.8) is 0 Å². The fourth-order valence-corrected chi connectivity index (χ4v) is 1.93. The van der Waals surface area contributed by atoms with Gasteiger partial charge in [0.2, 0.25) is 5.91 Å². The van der Waals surface area contributed by atoms with Crippen molar-refractivity contribution in [3.05, 3.63) is 28.2 Å². The van der Waals surface area contributed by atoms with Crippen molar-refractivity contribution in [3.8, 4) is 6.07 Å². The average Bonchev–Trinajstić information content (AvgIpc) is 2.35. The molecule has 0 saturated heterocycles. The first kappa shape index (κ1) is 15.7. The van der Waals surface area contributed by atoms with Crippen LogP contribution >= 0.6 is 15.9 Å². The zero-order valence-electron chi connectivity index (χ0n) is 11.2. The lowest BCUT2D eigenvalue weighted by atomic mass is 10.2. The predicted octanol–water partition coefficient (Wildman–Crippen LogP) is 3.04. The van der Waals surface area contributed by atoms with Gasteiger partial charge in [-0.25, -0.2) is 0 Å². The molecule has 19 heavy (non-hydrogen) atoms. The highest BCUT2D eigenvalue weighted by atomic mass is 79.9. The molecule has 1 amide bonds. The first-order valence-corrected chi connectivity index (χ1v) is 7.05. The minimum absolute atomic E-state index is 0.0693. The summed E-state index contributed by atoms with van der Waals surface area (Å²) in [5.74, 6) is -0.0693. The van der Waals surface area contributed by atoms with Gasteiger partial charge in [0.15, 0.2) is 0 Å². The molecule has 0 atom stereocenters. The Balaban J connectivity index is 2.48. The molecular formula is C14H18BrN3O. The monoisotopic (exact) mass is 323 g/mol. The Morgan fingerprint density at radius 1 is 1.47 bits per heavy atom. The van der Waals surface area contributed by atoms with E-state index in [0.717, 1.165) is 17.4 Å². The number of amides is 1. The van der Waals surface area contributed by atoms with Crippen LogP contribution in [0.4, 0.5) is 5.69 Å². The number of nitriles is 1. The Hall–Kier alpha value is -1.38. The lowest BCUT2D eigenvalue weighted by Crippen LogP contribution is -2.24. The summed E-state index contributed by atoms with van der Waals surface area (Å²) in [6.07, 6.45) is 1.22. The molecule has 1 aromatic carbocycles. The Morgan fingerprint density at radius 3 is 2.84 bits per heavy atom. The second-order valence-electron chi connectivity index (χ2n) is 4.56. The number of rotatable bonds is 6. The van der Waals surface area contributed by atoms with E-state index in [0.29, 0.717) is 23.7 Å². The van der Waals surface area contributed by atoms with Crippen molar-refractivity contribution >= 4 is 27.5 Å². The van der Waals surface area contributed by atoms with Gasteiger partial charge in [0, 0.05) is 16.9 Å². The normalized spacial score (nSPS) is 10.3. The van der Waals surface area contributed by atoms with Crippen LogP contribution in [0, 0.1) is 11.3 Å². The topological polar surface area (TPSA) is 64.9 Å². The summed E-state index contributed by atoms with van der Waals surface area (Å²) < 4.78 is 0.836. The van der Waals surface area contributed by atoms with Crippen LogP contribution in [0.3, 0.4) is 0 Å². The molecule has 0 saturated carbocycles. The van der Waals surface area contributed by atoms with Crippen molar-refractivity contribution in [1.29, 1.82) is 5.26 Å². The molecule has 0 radical (unpaired) electrons. The van der Waals surface area contributed by atoms with Crippen molar-refractivity contribution in [2.45, 2.75) is 32.7 Å². The van der Waals surface area contributed by atoms with Crippen LogP contribution in [-0.4, -0.2) is 18.5 Å². The van der Waals surface area contributed by atoms with Crippen molar-refractivity contribution in [2.24, 2.45) is 0 Å². The van der Waals surface area contributed by atoms with Crippen LogP contribution in [0.1, 0.15) is 32.3 Å². The number of hydrogen-bond acceptors (Lipinski definition) is 3. The summed E-state index contributed by atoms with van der Waals surface area (Å²) in [6.45, 7) is 4.95. The van der Waals surface area contributed by atoms with Gasteiger partial charge in [-0.05, 0) is 31.2 Å². The maximum Gasteiger partial charge on any atom is 0.224 e. The molecule has 102 valence electrons. The fraction of sp³-hybridized carbons (Fsp3) is 0.429. The SMILES string of the molecule is CC(C)NCCCC(=O)Nc1cc(Br)ccc1C#N. The molecule has 1 aromatic rings. The van der Waals surface area contributed by atoms with Gasteiger partial charge in [0.1, 0.15) is 6.07 Å². The van der Waals surface area contributed by atoms with Crippen molar-refractivity contribution in [1.82, 2.24) is 5.32 Å². The molecule has 0 aliphatic rings. The lowest BCUT2D eigenvalue weighted by Gasteiger charge is -2.09. The van der Waals surface area contributed by atoms with E-state index in [4.69, 9.17) is 5.26 Å². The van der Waals surface area contributed by atoms with E-state index < -0.39 is 0 Å². The Labute approximate surface area is 122 Å². The molecule has 0 heterocycles. The molecule has 0 aliphatic carbocycles. The van der Waals surface area contributed by atoms with E-state index >= 15 is 0 Å². The Morgan fingerprint density at radius 2 is 2.21 bits per heavy atom. The number of nitrogens with zero attached hydrogens (tertiary/aromatic N) is 1. The summed E-state index contributed by atoms with van der Waals surface area (Å²) in [5, 5.41) is 15.0. The summed E-state index contributed by atoms with van der Waals surface area (Å²) >= 11 is 3.32. The van der Waals surface area contributed by atoms with Crippen molar-refractivity contribution < 1.29 is 4.79 Å². The predicted molar refractivity (Wildman–Crippen MR) is 79.9 cm³/mol. The summed E-state index contributed by atoms with van der Waals surface area (Å²) in [7, 11) is 0. The first-order valence-electron chi connectivity index (χ1n) is 6.26. The molecule has 0 fully saturated rings. The van der Waals surface area contributed by atoms with Gasteiger partial charge < -0.3 is 10.6 Å². The van der Waals surface area contributed by atoms with E-state index in [2.05, 4.69) is 46.5 Å². The maximum absolute atomic E-state index is 11.8. The molecule has 0 bridgehead atoms. The van der Waals surface area contributed by atoms with Crippen molar-refractivity contribution in [2.75, 3.05) is 11.9 Å². The number of carbonyl (C=O) groups is 1. The molecule has 5 heteroatoms. The number of carbonyl (C=O) groups excluding carboxylic acids is 1. The Bertz CT molecular complexity index is 480. The fourth-order valence-electron chi connectivity index (χ4n) is 1.57. The maximum atomic E-state index is 11.8. The number of nitrogens with one attached hydrogen (secondary N) is 2. The van der Waals surface area contributed by atoms with Crippen LogP contribution < -0.4 is 10.6 Å². The number of hydrogen-bond donors (Lipinski definition) is 2. The van der Waals surface area contributed by atoms with E-state index in [1.165, 1.54) is 0 Å². The second-order valence-corrected chi connectivity index (χ2v) is 5.48. The third kappa shape index (κ3) is 5.86. The van der Waals surface area contributed by atoms with Gasteiger partial charge >= 0.3 is 0 Å². The molecule has 1 rings (SSSR count). The van der Waals surface area contributed by atoms with E-state index in [9.17, 15) is 4.79 Å². The average molecular weight is 324 g/mol. The highest BCUT2D eigenvalue weighted by molar-refractivity contribution is 9.10. The third-order valence-electron chi connectivity index (χ3n) is 2.51. The first-order chi connectivity index (χ1) is 9.02. The van der Waals surface area contributed by atoms with Gasteiger partial charge in [0.25, 0.3) is 0 Å². The largest absolute Gasteiger partial charge is 0.325 e. The van der Waals surface area contributed by atoms with Crippen LogP contribution in [0.5, 0.6) is 0 Å². The van der Waals surface area contributed by atoms with Crippen LogP contribution in [0.25, 0.3) is 0 Å². The lowest BCUT2D eigenvalue weighted by molar-refractivity contribution is -0.116. The smallest absolute Gasteiger partial charge is 0.224 e. The van der Waals surface area contributed by atoms with Gasteiger partial charge in [0.05, 0.1) is 11.3 Å². The number of benzene rings is 1. The highest BCUT2D eigenvalue weighted by Crippen LogP contribution is 2.21. The van der Waals surface area contributed by atoms with Gasteiger partial charge in [-0.15, -0.1) is 0 Å². The molecule has 0 aliphatic heterocycles. The van der Waals surface area contributed by atoms with Crippen LogP contribution in [0.2, 0.25) is 0 Å². The minimum atomic E-state index is -0.0693. The highest BCUT2D eigenvalue weighted by Gasteiger charge is 2.07. The zero-order chi connectivity index (χ0) is 14.3. The quantitative estimate of drug-likeness (QED) is 0.791. The zero-order valence-corrected chi connectivity index (χ0v) is 12.8. The number of anilines is 1. The third-order valence-corrected chi connectivity index (χ3v) is 3.00. The summed E-state index contributed by atoms with van der Waals surface area (Å²) in [5.41, 5.74) is 1.02. The molecule has 0 spiro atoms. The van der Waals surface area contributed by atoms with E-state index in [-0.39, 0.29) is 5.91 Å². The van der Waals surface area contributed by atoms with E-state index in [1.807, 2.05) is 0 Å². The minimum Gasteiger partial charge on any atom is -0.325 e. The Kier molecular flexibility index (Phi) is 6.54. The van der Waals surface area contributed by atoms with E-state index in [1.54, 1.807) is 18.2 Å².